The standard InChI is InChI=1S/C13H19ClN2/c1-15-13(10-5-4-8-16-9-10)11-6-2-3-7-12(11)14/h2-3,6-7,10,13,15-16H,4-5,8-9H2,1H3. The lowest BCUT2D eigenvalue weighted by Gasteiger charge is -2.31. The van der Waals surface area contributed by atoms with Crippen LogP contribution >= 0.6 is 11.6 Å². The normalized spacial score (nSPS) is 23.0. The van der Waals surface area contributed by atoms with Crippen LogP contribution in [0, 0.1) is 5.92 Å². The Labute approximate surface area is 102 Å². The molecule has 0 saturated carbocycles. The van der Waals surface area contributed by atoms with Gasteiger partial charge in [0.2, 0.25) is 0 Å². The number of nitrogens with one attached hydrogen (secondary N) is 2. The van der Waals surface area contributed by atoms with E-state index in [4.69, 9.17) is 11.6 Å². The zero-order valence-electron chi connectivity index (χ0n) is 9.67. The van der Waals surface area contributed by atoms with Gasteiger partial charge in [0.15, 0.2) is 0 Å². The van der Waals surface area contributed by atoms with E-state index in [-0.39, 0.29) is 0 Å². The molecule has 0 radical (unpaired) electrons. The second kappa shape index (κ2) is 5.67. The Morgan fingerprint density at radius 3 is 2.88 bits per heavy atom. The molecule has 2 atom stereocenters. The second-order valence-corrected chi connectivity index (χ2v) is 4.80. The average Bonchev–Trinajstić information content (AvgIpc) is 2.34. The minimum Gasteiger partial charge on any atom is -0.316 e. The molecule has 0 spiro atoms. The van der Waals surface area contributed by atoms with Crippen LogP contribution in [0.3, 0.4) is 0 Å². The van der Waals surface area contributed by atoms with Crippen LogP contribution in [0.5, 0.6) is 0 Å². The lowest BCUT2D eigenvalue weighted by atomic mass is 9.87. The van der Waals surface area contributed by atoms with Crippen LogP contribution < -0.4 is 10.6 Å². The Kier molecular flexibility index (Phi) is 4.22. The molecule has 0 amide bonds. The third kappa shape index (κ3) is 2.57. The van der Waals surface area contributed by atoms with Gasteiger partial charge in [-0.1, -0.05) is 29.8 Å². The molecule has 2 N–H and O–H groups in total. The number of hydrogen-bond acceptors (Lipinski definition) is 2. The molecule has 1 heterocycles. The minimum absolute atomic E-state index is 0.362. The molecular weight excluding hydrogens is 220 g/mol. The Morgan fingerprint density at radius 1 is 1.44 bits per heavy atom. The van der Waals surface area contributed by atoms with Crippen molar-refractivity contribution in [3.8, 4) is 0 Å². The van der Waals surface area contributed by atoms with E-state index in [0.29, 0.717) is 12.0 Å². The third-order valence-corrected chi connectivity index (χ3v) is 3.70. The first-order valence-corrected chi connectivity index (χ1v) is 6.33. The predicted molar refractivity (Wildman–Crippen MR) is 68.8 cm³/mol. The Hall–Kier alpha value is -0.570. The summed E-state index contributed by atoms with van der Waals surface area (Å²) in [5, 5.41) is 7.73. The molecule has 1 aliphatic rings. The lowest BCUT2D eigenvalue weighted by Crippen LogP contribution is -2.37. The average molecular weight is 239 g/mol. The van der Waals surface area contributed by atoms with Gasteiger partial charge < -0.3 is 10.6 Å². The van der Waals surface area contributed by atoms with Crippen molar-refractivity contribution in [3.05, 3.63) is 34.9 Å². The van der Waals surface area contributed by atoms with Crippen molar-refractivity contribution in [1.29, 1.82) is 0 Å². The molecule has 0 aromatic heterocycles. The number of hydrogen-bond donors (Lipinski definition) is 2. The molecule has 0 aliphatic carbocycles. The lowest BCUT2D eigenvalue weighted by molar-refractivity contribution is 0.298. The summed E-state index contributed by atoms with van der Waals surface area (Å²) in [6, 6.07) is 8.50. The van der Waals surface area contributed by atoms with E-state index in [1.54, 1.807) is 0 Å². The molecule has 1 aromatic rings. The van der Waals surface area contributed by atoms with Crippen molar-refractivity contribution in [1.82, 2.24) is 10.6 Å². The Balaban J connectivity index is 2.18. The van der Waals surface area contributed by atoms with E-state index in [2.05, 4.69) is 22.8 Å². The SMILES string of the molecule is CNC(c1ccccc1Cl)C1CCCNC1. The maximum Gasteiger partial charge on any atom is 0.0453 e. The van der Waals surface area contributed by atoms with Crippen molar-refractivity contribution >= 4 is 11.6 Å². The van der Waals surface area contributed by atoms with Crippen molar-refractivity contribution in [2.75, 3.05) is 20.1 Å². The molecule has 16 heavy (non-hydrogen) atoms. The highest BCUT2D eigenvalue weighted by atomic mass is 35.5. The fourth-order valence-electron chi connectivity index (χ4n) is 2.54. The van der Waals surface area contributed by atoms with Gasteiger partial charge in [-0.05, 0) is 50.5 Å². The van der Waals surface area contributed by atoms with E-state index in [9.17, 15) is 0 Å². The maximum atomic E-state index is 6.26. The highest BCUT2D eigenvalue weighted by Crippen LogP contribution is 2.31. The molecule has 1 aromatic carbocycles. The highest BCUT2D eigenvalue weighted by Gasteiger charge is 2.24. The van der Waals surface area contributed by atoms with E-state index in [1.807, 2.05) is 19.2 Å². The van der Waals surface area contributed by atoms with Gasteiger partial charge in [-0.3, -0.25) is 0 Å². The van der Waals surface area contributed by atoms with E-state index < -0.39 is 0 Å². The first-order chi connectivity index (χ1) is 7.83. The molecule has 2 unspecified atom stereocenters. The molecule has 1 saturated heterocycles. The number of piperidine rings is 1. The summed E-state index contributed by atoms with van der Waals surface area (Å²) in [5.41, 5.74) is 1.22. The second-order valence-electron chi connectivity index (χ2n) is 4.39. The van der Waals surface area contributed by atoms with Gasteiger partial charge in [0.25, 0.3) is 0 Å². The minimum atomic E-state index is 0.362. The first-order valence-electron chi connectivity index (χ1n) is 5.95. The van der Waals surface area contributed by atoms with Crippen LogP contribution in [0.25, 0.3) is 0 Å². The van der Waals surface area contributed by atoms with Gasteiger partial charge in [-0.25, -0.2) is 0 Å². The van der Waals surface area contributed by atoms with Gasteiger partial charge in [0, 0.05) is 11.1 Å². The van der Waals surface area contributed by atoms with E-state index in [0.717, 1.165) is 18.1 Å². The third-order valence-electron chi connectivity index (χ3n) is 3.36. The van der Waals surface area contributed by atoms with Gasteiger partial charge >= 0.3 is 0 Å². The Bertz CT molecular complexity index is 334. The molecule has 1 fully saturated rings. The number of benzene rings is 1. The van der Waals surface area contributed by atoms with Gasteiger partial charge in [0.05, 0.1) is 0 Å². The van der Waals surface area contributed by atoms with Crippen molar-refractivity contribution in [3.63, 3.8) is 0 Å². The van der Waals surface area contributed by atoms with Crippen LogP contribution in [0.2, 0.25) is 5.02 Å². The first kappa shape index (κ1) is 11.9. The van der Waals surface area contributed by atoms with Crippen LogP contribution in [-0.4, -0.2) is 20.1 Å². The Morgan fingerprint density at radius 2 is 2.25 bits per heavy atom. The van der Waals surface area contributed by atoms with Gasteiger partial charge in [-0.15, -0.1) is 0 Å². The summed E-state index contributed by atoms with van der Waals surface area (Å²) in [6.45, 7) is 2.23. The van der Waals surface area contributed by atoms with Crippen molar-refractivity contribution in [2.24, 2.45) is 5.92 Å². The van der Waals surface area contributed by atoms with Crippen molar-refractivity contribution < 1.29 is 0 Å². The fourth-order valence-corrected chi connectivity index (χ4v) is 2.79. The van der Waals surface area contributed by atoms with Crippen LogP contribution in [0.4, 0.5) is 0 Å². The molecule has 88 valence electrons. The van der Waals surface area contributed by atoms with Crippen LogP contribution in [0.1, 0.15) is 24.4 Å². The fraction of sp³-hybridized carbons (Fsp3) is 0.538. The van der Waals surface area contributed by atoms with Gasteiger partial charge in [0.1, 0.15) is 0 Å². The molecular formula is C13H19ClN2. The number of halogens is 1. The summed E-state index contributed by atoms with van der Waals surface area (Å²) in [4.78, 5) is 0. The maximum absolute atomic E-state index is 6.26. The van der Waals surface area contributed by atoms with Crippen LogP contribution in [0.15, 0.2) is 24.3 Å². The zero-order chi connectivity index (χ0) is 11.4. The summed E-state index contributed by atoms with van der Waals surface area (Å²) in [5.74, 6) is 0.638. The summed E-state index contributed by atoms with van der Waals surface area (Å²) < 4.78 is 0. The molecule has 0 bridgehead atoms. The molecule has 1 aliphatic heterocycles. The molecule has 2 rings (SSSR count). The van der Waals surface area contributed by atoms with Gasteiger partial charge in [-0.2, -0.15) is 0 Å². The largest absolute Gasteiger partial charge is 0.316 e. The summed E-state index contributed by atoms with van der Waals surface area (Å²) in [7, 11) is 2.02. The quantitative estimate of drug-likeness (QED) is 0.846. The summed E-state index contributed by atoms with van der Waals surface area (Å²) >= 11 is 6.26. The van der Waals surface area contributed by atoms with E-state index >= 15 is 0 Å². The highest BCUT2D eigenvalue weighted by molar-refractivity contribution is 6.31. The molecule has 2 nitrogen and oxygen atoms in total. The van der Waals surface area contributed by atoms with Crippen molar-refractivity contribution in [2.45, 2.75) is 18.9 Å². The summed E-state index contributed by atoms with van der Waals surface area (Å²) in [6.07, 6.45) is 2.52. The monoisotopic (exact) mass is 238 g/mol. The molecule has 3 heteroatoms. The van der Waals surface area contributed by atoms with Crippen LogP contribution in [-0.2, 0) is 0 Å². The predicted octanol–water partition coefficient (Wildman–Crippen LogP) is 2.60. The van der Waals surface area contributed by atoms with E-state index in [1.165, 1.54) is 18.4 Å². The topological polar surface area (TPSA) is 24.1 Å². The number of rotatable bonds is 3. The zero-order valence-corrected chi connectivity index (χ0v) is 10.4. The smallest absolute Gasteiger partial charge is 0.0453 e.